The summed E-state index contributed by atoms with van der Waals surface area (Å²) < 4.78 is 39.5. The van der Waals surface area contributed by atoms with Gasteiger partial charge in [-0.05, 0) is 37.5 Å². The second-order valence-corrected chi connectivity index (χ2v) is 6.79. The third-order valence-corrected chi connectivity index (χ3v) is 4.90. The van der Waals surface area contributed by atoms with Crippen molar-refractivity contribution in [2.45, 2.75) is 58.2 Å². The average Bonchev–Trinajstić information content (AvgIpc) is 2.61. The Kier molecular flexibility index (Phi) is 6.67. The fraction of sp³-hybridized carbons (Fsp3) is 0.579. The van der Waals surface area contributed by atoms with E-state index >= 15 is 0 Å². The lowest BCUT2D eigenvalue weighted by molar-refractivity contribution is -0.198. The number of halogens is 3. The van der Waals surface area contributed by atoms with Gasteiger partial charge in [0.05, 0.1) is 12.0 Å². The minimum atomic E-state index is -4.34. The summed E-state index contributed by atoms with van der Waals surface area (Å²) in [5.41, 5.74) is 1.41. The van der Waals surface area contributed by atoms with Crippen LogP contribution in [0.1, 0.15) is 57.6 Å². The molecule has 0 saturated heterocycles. The molecule has 0 heterocycles. The molecule has 144 valence electrons. The molecule has 7 heteroatoms. The summed E-state index contributed by atoms with van der Waals surface area (Å²) >= 11 is 0. The highest BCUT2D eigenvalue weighted by Crippen LogP contribution is 2.41. The van der Waals surface area contributed by atoms with Gasteiger partial charge < -0.3 is 10.6 Å². The Morgan fingerprint density at radius 1 is 1.15 bits per heavy atom. The van der Waals surface area contributed by atoms with Crippen LogP contribution >= 0.6 is 0 Å². The van der Waals surface area contributed by atoms with Crippen LogP contribution in [0.15, 0.2) is 24.3 Å². The smallest absolute Gasteiger partial charge is 0.349 e. The number of rotatable bonds is 5. The molecule has 26 heavy (non-hydrogen) atoms. The van der Waals surface area contributed by atoms with Crippen LogP contribution in [-0.4, -0.2) is 18.0 Å². The van der Waals surface area contributed by atoms with Gasteiger partial charge in [-0.25, -0.2) is 0 Å². The molecular formula is C19H25F3N2O2. The van der Waals surface area contributed by atoms with Gasteiger partial charge >= 0.3 is 6.18 Å². The maximum absolute atomic E-state index is 13.2. The standard InChI is InChI=1S/C19H25F3N2O2/c1-3-17(25)24-14-10-8-13(9-11-14)12(2)23-18(26)15-6-4-5-7-16(15)19(20,21)22/h8-12,15-16H,3-7H2,1-2H3,(H,23,26)(H,24,25)/t12-,15+,16+/m0/s1. The first kappa shape index (κ1) is 20.3. The number of anilines is 1. The molecule has 0 radical (unpaired) electrons. The van der Waals surface area contributed by atoms with Crippen molar-refractivity contribution >= 4 is 17.5 Å². The Bertz CT molecular complexity index is 629. The number of amides is 2. The first-order chi connectivity index (χ1) is 12.2. The van der Waals surface area contributed by atoms with Gasteiger partial charge in [-0.1, -0.05) is 31.9 Å². The van der Waals surface area contributed by atoms with E-state index in [1.807, 2.05) is 0 Å². The summed E-state index contributed by atoms with van der Waals surface area (Å²) in [4.78, 5) is 23.8. The van der Waals surface area contributed by atoms with Crippen LogP contribution in [0.25, 0.3) is 0 Å². The van der Waals surface area contributed by atoms with Crippen LogP contribution in [-0.2, 0) is 9.59 Å². The van der Waals surface area contributed by atoms with Gasteiger partial charge in [-0.15, -0.1) is 0 Å². The SMILES string of the molecule is CCC(=O)Nc1ccc([C@H](C)NC(=O)[C@@H]2CCCC[C@H]2C(F)(F)F)cc1. The molecule has 1 fully saturated rings. The van der Waals surface area contributed by atoms with Crippen LogP contribution in [0, 0.1) is 11.8 Å². The second-order valence-electron chi connectivity index (χ2n) is 6.79. The maximum Gasteiger partial charge on any atom is 0.392 e. The van der Waals surface area contributed by atoms with Crippen molar-refractivity contribution in [1.82, 2.24) is 5.32 Å². The zero-order valence-corrected chi connectivity index (χ0v) is 15.0. The lowest BCUT2D eigenvalue weighted by atomic mass is 9.78. The van der Waals surface area contributed by atoms with E-state index < -0.39 is 30.0 Å². The Balaban J connectivity index is 2.00. The van der Waals surface area contributed by atoms with Crippen molar-refractivity contribution in [3.8, 4) is 0 Å². The van der Waals surface area contributed by atoms with Crippen LogP contribution < -0.4 is 10.6 Å². The monoisotopic (exact) mass is 370 g/mol. The van der Waals surface area contributed by atoms with Crippen LogP contribution in [0.3, 0.4) is 0 Å². The van der Waals surface area contributed by atoms with E-state index in [-0.39, 0.29) is 18.7 Å². The molecule has 0 unspecified atom stereocenters. The van der Waals surface area contributed by atoms with Gasteiger partial charge in [0, 0.05) is 18.0 Å². The van der Waals surface area contributed by atoms with Crippen molar-refractivity contribution < 1.29 is 22.8 Å². The maximum atomic E-state index is 13.2. The molecule has 0 aliphatic heterocycles. The molecular weight excluding hydrogens is 345 g/mol. The number of hydrogen-bond donors (Lipinski definition) is 2. The van der Waals surface area contributed by atoms with Crippen LogP contribution in [0.5, 0.6) is 0 Å². The molecule has 0 aromatic heterocycles. The Labute approximate surface area is 151 Å². The first-order valence-corrected chi connectivity index (χ1v) is 8.99. The third kappa shape index (κ3) is 5.22. The molecule has 3 atom stereocenters. The van der Waals surface area contributed by atoms with Crippen molar-refractivity contribution in [2.75, 3.05) is 5.32 Å². The number of nitrogens with one attached hydrogen (secondary N) is 2. The Hall–Kier alpha value is -2.05. The average molecular weight is 370 g/mol. The first-order valence-electron chi connectivity index (χ1n) is 8.99. The van der Waals surface area contributed by atoms with Crippen molar-refractivity contribution in [3.05, 3.63) is 29.8 Å². The Morgan fingerprint density at radius 3 is 2.35 bits per heavy atom. The fourth-order valence-electron chi connectivity index (χ4n) is 3.34. The normalized spacial score (nSPS) is 21.7. The van der Waals surface area contributed by atoms with Gasteiger partial charge in [-0.2, -0.15) is 13.2 Å². The van der Waals surface area contributed by atoms with Crippen LogP contribution in [0.4, 0.5) is 18.9 Å². The summed E-state index contributed by atoms with van der Waals surface area (Å²) in [6.07, 6.45) is -2.54. The molecule has 1 aromatic rings. The van der Waals surface area contributed by atoms with E-state index in [1.165, 1.54) is 0 Å². The minimum Gasteiger partial charge on any atom is -0.349 e. The number of carbonyl (C=O) groups is 2. The second kappa shape index (κ2) is 8.56. The fourth-order valence-corrected chi connectivity index (χ4v) is 3.34. The number of benzene rings is 1. The van der Waals surface area contributed by atoms with Gasteiger partial charge in [0.25, 0.3) is 0 Å². The molecule has 1 saturated carbocycles. The van der Waals surface area contributed by atoms with Gasteiger partial charge in [0.15, 0.2) is 0 Å². The van der Waals surface area contributed by atoms with Crippen molar-refractivity contribution in [3.63, 3.8) is 0 Å². The van der Waals surface area contributed by atoms with E-state index in [0.29, 0.717) is 24.9 Å². The highest BCUT2D eigenvalue weighted by molar-refractivity contribution is 5.90. The molecule has 1 aliphatic carbocycles. The van der Waals surface area contributed by atoms with Gasteiger partial charge in [0.1, 0.15) is 0 Å². The highest BCUT2D eigenvalue weighted by Gasteiger charge is 2.48. The predicted molar refractivity (Wildman–Crippen MR) is 93.4 cm³/mol. The van der Waals surface area contributed by atoms with E-state index in [0.717, 1.165) is 5.56 Å². The van der Waals surface area contributed by atoms with E-state index in [2.05, 4.69) is 10.6 Å². The largest absolute Gasteiger partial charge is 0.392 e. The van der Waals surface area contributed by atoms with Gasteiger partial charge in [0.2, 0.25) is 11.8 Å². The molecule has 0 bridgehead atoms. The number of alkyl halides is 3. The molecule has 4 nitrogen and oxygen atoms in total. The quantitative estimate of drug-likeness (QED) is 0.797. The summed E-state index contributed by atoms with van der Waals surface area (Å²) in [5.74, 6) is -3.22. The van der Waals surface area contributed by atoms with Crippen molar-refractivity contribution in [1.29, 1.82) is 0 Å². The summed E-state index contributed by atoms with van der Waals surface area (Å²) in [5, 5.41) is 5.43. The summed E-state index contributed by atoms with van der Waals surface area (Å²) in [7, 11) is 0. The molecule has 2 amide bonds. The number of hydrogen-bond acceptors (Lipinski definition) is 2. The molecule has 2 N–H and O–H groups in total. The number of carbonyl (C=O) groups excluding carboxylic acids is 2. The van der Waals surface area contributed by atoms with E-state index in [1.54, 1.807) is 38.1 Å². The van der Waals surface area contributed by atoms with E-state index in [9.17, 15) is 22.8 Å². The molecule has 0 spiro atoms. The molecule has 1 aromatic carbocycles. The van der Waals surface area contributed by atoms with E-state index in [4.69, 9.17) is 0 Å². The minimum absolute atomic E-state index is 0.0157. The van der Waals surface area contributed by atoms with Gasteiger partial charge in [-0.3, -0.25) is 9.59 Å². The Morgan fingerprint density at radius 2 is 1.77 bits per heavy atom. The zero-order chi connectivity index (χ0) is 19.3. The molecule has 1 aliphatic rings. The predicted octanol–water partition coefficient (Wildman–Crippen LogP) is 4.58. The lowest BCUT2D eigenvalue weighted by Crippen LogP contribution is -2.43. The third-order valence-electron chi connectivity index (χ3n) is 4.90. The zero-order valence-electron chi connectivity index (χ0n) is 15.0. The van der Waals surface area contributed by atoms with Crippen molar-refractivity contribution in [2.24, 2.45) is 11.8 Å². The highest BCUT2D eigenvalue weighted by atomic mass is 19.4. The summed E-state index contributed by atoms with van der Waals surface area (Å²) in [6.45, 7) is 3.49. The molecule has 2 rings (SSSR count). The van der Waals surface area contributed by atoms with Crippen LogP contribution in [0.2, 0.25) is 0 Å². The summed E-state index contributed by atoms with van der Waals surface area (Å²) in [6, 6.07) is 6.51. The lowest BCUT2D eigenvalue weighted by Gasteiger charge is -2.32. The topological polar surface area (TPSA) is 58.2 Å².